The molecule has 0 fully saturated rings. The number of thiazole rings is 1. The lowest BCUT2D eigenvalue weighted by Gasteiger charge is -2.07. The third-order valence-electron chi connectivity index (χ3n) is 4.93. The van der Waals surface area contributed by atoms with Crippen molar-refractivity contribution in [2.45, 2.75) is 26.7 Å². The molecule has 0 saturated carbocycles. The molecule has 4 aromatic rings. The van der Waals surface area contributed by atoms with Gasteiger partial charge in [-0.1, -0.05) is 12.1 Å². The minimum absolute atomic E-state index is 0.00664. The number of ketones is 1. The lowest BCUT2D eigenvalue weighted by Crippen LogP contribution is -2.17. The standard InChI is InChI=1S/C22H20N4O4S/c1-13-11-16(14(2)26(13)22-23-9-10-31-22)18(27)12-30-20(28)8-7-19-24-17-6-4-3-5-15(17)21(29)25-19/h3-6,9-11H,7-8,12H2,1-2H3,(H,24,25,29). The molecule has 1 aromatic carbocycles. The van der Waals surface area contributed by atoms with Crippen LogP contribution in [0.25, 0.3) is 16.0 Å². The number of nitrogens with one attached hydrogen (secondary N) is 1. The van der Waals surface area contributed by atoms with E-state index in [1.165, 1.54) is 11.3 Å². The number of ether oxygens (including phenoxy) is 1. The molecule has 1 N–H and O–H groups in total. The fourth-order valence-electron chi connectivity index (χ4n) is 3.44. The van der Waals surface area contributed by atoms with E-state index in [0.29, 0.717) is 22.3 Å². The monoisotopic (exact) mass is 436 g/mol. The number of aryl methyl sites for hydroxylation is 2. The average molecular weight is 436 g/mol. The van der Waals surface area contributed by atoms with E-state index in [2.05, 4.69) is 15.0 Å². The largest absolute Gasteiger partial charge is 0.457 e. The molecule has 0 aliphatic carbocycles. The fraction of sp³-hybridized carbons (Fsp3) is 0.227. The Morgan fingerprint density at radius 2 is 2.03 bits per heavy atom. The van der Waals surface area contributed by atoms with Crippen LogP contribution in [0.3, 0.4) is 0 Å². The average Bonchev–Trinajstić information content (AvgIpc) is 3.38. The molecule has 0 aliphatic heterocycles. The highest BCUT2D eigenvalue weighted by atomic mass is 32.1. The number of hydrogen-bond donors (Lipinski definition) is 1. The summed E-state index contributed by atoms with van der Waals surface area (Å²) in [6, 6.07) is 8.77. The number of Topliss-reactive ketones (excluding diaryl/α,β-unsaturated/α-hetero) is 1. The van der Waals surface area contributed by atoms with Crippen LogP contribution in [-0.4, -0.2) is 37.9 Å². The van der Waals surface area contributed by atoms with Crippen molar-refractivity contribution in [2.24, 2.45) is 0 Å². The number of carbonyl (C=O) groups is 2. The molecule has 0 radical (unpaired) electrons. The highest BCUT2D eigenvalue weighted by Gasteiger charge is 2.19. The van der Waals surface area contributed by atoms with Gasteiger partial charge in [-0.3, -0.25) is 19.0 Å². The molecule has 31 heavy (non-hydrogen) atoms. The molecule has 0 amide bonds. The number of esters is 1. The van der Waals surface area contributed by atoms with Crippen LogP contribution >= 0.6 is 11.3 Å². The van der Waals surface area contributed by atoms with Gasteiger partial charge in [-0.15, -0.1) is 11.3 Å². The quantitative estimate of drug-likeness (QED) is 0.352. The van der Waals surface area contributed by atoms with E-state index in [1.54, 1.807) is 36.5 Å². The van der Waals surface area contributed by atoms with E-state index < -0.39 is 5.97 Å². The maximum Gasteiger partial charge on any atom is 0.306 e. The van der Waals surface area contributed by atoms with Gasteiger partial charge in [-0.2, -0.15) is 0 Å². The van der Waals surface area contributed by atoms with Crippen LogP contribution < -0.4 is 5.56 Å². The predicted molar refractivity (Wildman–Crippen MR) is 117 cm³/mol. The molecule has 0 bridgehead atoms. The molecule has 0 aliphatic rings. The van der Waals surface area contributed by atoms with Gasteiger partial charge in [0, 0.05) is 34.9 Å². The predicted octanol–water partition coefficient (Wildman–Crippen LogP) is 3.15. The highest BCUT2D eigenvalue weighted by Crippen LogP contribution is 2.22. The van der Waals surface area contributed by atoms with Crippen LogP contribution in [0.5, 0.6) is 0 Å². The Morgan fingerprint density at radius 1 is 1.23 bits per heavy atom. The number of nitrogens with zero attached hydrogens (tertiary/aromatic N) is 3. The Kier molecular flexibility index (Phi) is 5.77. The van der Waals surface area contributed by atoms with Gasteiger partial charge in [0.2, 0.25) is 5.78 Å². The van der Waals surface area contributed by atoms with Gasteiger partial charge in [0.25, 0.3) is 5.56 Å². The van der Waals surface area contributed by atoms with Crippen molar-refractivity contribution in [2.75, 3.05) is 6.61 Å². The second kappa shape index (κ2) is 8.65. The number of carbonyl (C=O) groups excluding carboxylic acids is 2. The Labute approximate surface area is 181 Å². The summed E-state index contributed by atoms with van der Waals surface area (Å²) in [5, 5.41) is 3.15. The molecule has 0 spiro atoms. The number of rotatable bonds is 7. The first-order chi connectivity index (χ1) is 14.9. The van der Waals surface area contributed by atoms with Crippen LogP contribution in [0.2, 0.25) is 0 Å². The van der Waals surface area contributed by atoms with Crippen molar-refractivity contribution in [1.29, 1.82) is 0 Å². The molecule has 0 unspecified atom stereocenters. The summed E-state index contributed by atoms with van der Waals surface area (Å²) >= 11 is 1.48. The summed E-state index contributed by atoms with van der Waals surface area (Å²) in [6.45, 7) is 3.39. The van der Waals surface area contributed by atoms with E-state index in [0.717, 1.165) is 16.5 Å². The summed E-state index contributed by atoms with van der Waals surface area (Å²) in [4.78, 5) is 48.2. The number of aromatic amines is 1. The van der Waals surface area contributed by atoms with Gasteiger partial charge >= 0.3 is 5.97 Å². The topological polar surface area (TPSA) is 107 Å². The first-order valence-corrected chi connectivity index (χ1v) is 10.6. The number of para-hydroxylation sites is 1. The summed E-state index contributed by atoms with van der Waals surface area (Å²) in [7, 11) is 0. The third-order valence-corrected chi connectivity index (χ3v) is 5.69. The molecule has 4 rings (SSSR count). The molecular weight excluding hydrogens is 416 g/mol. The fourth-order valence-corrected chi connectivity index (χ4v) is 4.19. The smallest absolute Gasteiger partial charge is 0.306 e. The zero-order chi connectivity index (χ0) is 22.0. The van der Waals surface area contributed by atoms with E-state index in [9.17, 15) is 14.4 Å². The maximum absolute atomic E-state index is 12.6. The number of H-pyrrole nitrogens is 1. The van der Waals surface area contributed by atoms with Crippen LogP contribution in [0.1, 0.15) is 34.0 Å². The number of fused-ring (bicyclic) bond motifs is 1. The van der Waals surface area contributed by atoms with Crippen LogP contribution in [0, 0.1) is 13.8 Å². The minimum Gasteiger partial charge on any atom is -0.457 e. The SMILES string of the molecule is Cc1cc(C(=O)COC(=O)CCc2nc3ccccc3c(=O)[nH]2)c(C)n1-c1nccs1. The van der Waals surface area contributed by atoms with Gasteiger partial charge in [0.1, 0.15) is 5.82 Å². The van der Waals surface area contributed by atoms with Gasteiger partial charge in [-0.25, -0.2) is 9.97 Å². The maximum atomic E-state index is 12.6. The molecule has 3 heterocycles. The lowest BCUT2D eigenvalue weighted by atomic mass is 10.1. The van der Waals surface area contributed by atoms with Crippen molar-refractivity contribution < 1.29 is 14.3 Å². The van der Waals surface area contributed by atoms with Crippen molar-refractivity contribution in [3.63, 3.8) is 0 Å². The number of benzene rings is 1. The van der Waals surface area contributed by atoms with E-state index in [4.69, 9.17) is 4.74 Å². The zero-order valence-corrected chi connectivity index (χ0v) is 17.9. The summed E-state index contributed by atoms with van der Waals surface area (Å²) < 4.78 is 7.07. The Bertz CT molecular complexity index is 1320. The Balaban J connectivity index is 1.37. The van der Waals surface area contributed by atoms with Gasteiger partial charge in [0.15, 0.2) is 11.7 Å². The van der Waals surface area contributed by atoms with Crippen molar-refractivity contribution in [3.8, 4) is 5.13 Å². The van der Waals surface area contributed by atoms with Crippen molar-refractivity contribution in [3.05, 3.63) is 75.0 Å². The van der Waals surface area contributed by atoms with E-state index in [1.807, 2.05) is 23.8 Å². The van der Waals surface area contributed by atoms with Gasteiger partial charge < -0.3 is 9.72 Å². The third kappa shape index (κ3) is 4.31. The summed E-state index contributed by atoms with van der Waals surface area (Å²) in [6.07, 6.45) is 1.93. The molecule has 3 aromatic heterocycles. The first kappa shape index (κ1) is 20.7. The Hall–Kier alpha value is -3.59. The molecular formula is C22H20N4O4S. The highest BCUT2D eigenvalue weighted by molar-refractivity contribution is 7.12. The molecule has 0 saturated heterocycles. The second-order valence-electron chi connectivity index (χ2n) is 7.05. The van der Waals surface area contributed by atoms with Crippen LogP contribution in [0.4, 0.5) is 0 Å². The molecule has 9 heteroatoms. The van der Waals surface area contributed by atoms with E-state index in [-0.39, 0.29) is 30.8 Å². The van der Waals surface area contributed by atoms with Crippen molar-refractivity contribution >= 4 is 34.0 Å². The first-order valence-electron chi connectivity index (χ1n) is 9.69. The molecule has 158 valence electrons. The lowest BCUT2D eigenvalue weighted by molar-refractivity contribution is -0.142. The van der Waals surface area contributed by atoms with Crippen LogP contribution in [0.15, 0.2) is 46.7 Å². The molecule has 0 atom stereocenters. The summed E-state index contributed by atoms with van der Waals surface area (Å²) in [5.74, 6) is -0.404. The van der Waals surface area contributed by atoms with Crippen molar-refractivity contribution in [1.82, 2.24) is 19.5 Å². The normalized spacial score (nSPS) is 11.0. The summed E-state index contributed by atoms with van der Waals surface area (Å²) in [5.41, 5.74) is 2.46. The van der Waals surface area contributed by atoms with Gasteiger partial charge in [-0.05, 0) is 32.0 Å². The zero-order valence-electron chi connectivity index (χ0n) is 17.0. The van der Waals surface area contributed by atoms with Crippen LogP contribution in [-0.2, 0) is 16.0 Å². The minimum atomic E-state index is -0.530. The number of hydrogen-bond acceptors (Lipinski definition) is 7. The molecule has 8 nitrogen and oxygen atoms in total. The second-order valence-corrected chi connectivity index (χ2v) is 7.92. The Morgan fingerprint density at radius 3 is 2.81 bits per heavy atom. The number of aromatic nitrogens is 4. The van der Waals surface area contributed by atoms with E-state index >= 15 is 0 Å². The van der Waals surface area contributed by atoms with Gasteiger partial charge in [0.05, 0.1) is 17.3 Å².